The van der Waals surface area contributed by atoms with Crippen molar-refractivity contribution in [2.75, 3.05) is 11.9 Å². The lowest BCUT2D eigenvalue weighted by Gasteiger charge is -2.07. The third kappa shape index (κ3) is 2.88. The van der Waals surface area contributed by atoms with E-state index in [0.717, 1.165) is 11.4 Å². The topological polar surface area (TPSA) is 62.2 Å². The summed E-state index contributed by atoms with van der Waals surface area (Å²) in [6.45, 7) is 2.16. The van der Waals surface area contributed by atoms with E-state index < -0.39 is 5.97 Å². The standard InChI is InChI=1S/C9H11ClN2O2/c1-6-9(10)7(2-4-11-6)12-5-3-8(13)14/h2,4H,3,5H2,1H3,(H,11,12)(H,13,14). The lowest BCUT2D eigenvalue weighted by Crippen LogP contribution is -2.08. The van der Waals surface area contributed by atoms with Gasteiger partial charge in [-0.1, -0.05) is 11.6 Å². The second kappa shape index (κ2) is 4.81. The molecule has 2 N–H and O–H groups in total. The summed E-state index contributed by atoms with van der Waals surface area (Å²) >= 11 is 5.94. The summed E-state index contributed by atoms with van der Waals surface area (Å²) in [4.78, 5) is 14.3. The molecule has 0 radical (unpaired) electrons. The third-order valence-corrected chi connectivity index (χ3v) is 2.19. The first-order valence-electron chi connectivity index (χ1n) is 4.18. The number of hydrogen-bond donors (Lipinski definition) is 2. The number of rotatable bonds is 4. The van der Waals surface area contributed by atoms with Gasteiger partial charge < -0.3 is 10.4 Å². The van der Waals surface area contributed by atoms with Crippen LogP contribution in [0.15, 0.2) is 12.3 Å². The number of aryl methyl sites for hydroxylation is 1. The fourth-order valence-electron chi connectivity index (χ4n) is 0.989. The molecule has 0 saturated carbocycles. The number of pyridine rings is 1. The normalized spacial score (nSPS) is 9.86. The molecule has 0 unspecified atom stereocenters. The Kier molecular flexibility index (Phi) is 3.71. The molecule has 4 nitrogen and oxygen atoms in total. The van der Waals surface area contributed by atoms with E-state index in [2.05, 4.69) is 10.3 Å². The van der Waals surface area contributed by atoms with Crippen molar-refractivity contribution in [1.29, 1.82) is 0 Å². The third-order valence-electron chi connectivity index (χ3n) is 1.72. The van der Waals surface area contributed by atoms with E-state index in [0.29, 0.717) is 11.6 Å². The molecule has 5 heteroatoms. The van der Waals surface area contributed by atoms with Crippen LogP contribution in [0.4, 0.5) is 5.69 Å². The number of nitrogens with one attached hydrogen (secondary N) is 1. The summed E-state index contributed by atoms with van der Waals surface area (Å²) in [7, 11) is 0. The second-order valence-corrected chi connectivity index (χ2v) is 3.21. The molecule has 1 rings (SSSR count). The Morgan fingerprint density at radius 1 is 1.71 bits per heavy atom. The monoisotopic (exact) mass is 214 g/mol. The van der Waals surface area contributed by atoms with E-state index in [4.69, 9.17) is 16.7 Å². The van der Waals surface area contributed by atoms with Gasteiger partial charge in [0.15, 0.2) is 0 Å². The average Bonchev–Trinajstić information content (AvgIpc) is 2.12. The van der Waals surface area contributed by atoms with Crippen molar-refractivity contribution < 1.29 is 9.90 Å². The Morgan fingerprint density at radius 2 is 2.43 bits per heavy atom. The van der Waals surface area contributed by atoms with Crippen LogP contribution in [0.25, 0.3) is 0 Å². The summed E-state index contributed by atoms with van der Waals surface area (Å²) in [5.74, 6) is -0.834. The smallest absolute Gasteiger partial charge is 0.305 e. The van der Waals surface area contributed by atoms with Gasteiger partial charge in [-0.2, -0.15) is 0 Å². The molecule has 0 aliphatic heterocycles. The molecule has 0 aliphatic carbocycles. The van der Waals surface area contributed by atoms with Crippen molar-refractivity contribution in [2.24, 2.45) is 0 Å². The Morgan fingerprint density at radius 3 is 3.07 bits per heavy atom. The molecular formula is C9H11ClN2O2. The van der Waals surface area contributed by atoms with Gasteiger partial charge in [-0.3, -0.25) is 9.78 Å². The van der Waals surface area contributed by atoms with Crippen LogP contribution in [0.3, 0.4) is 0 Å². The molecule has 0 atom stereocenters. The van der Waals surface area contributed by atoms with E-state index in [1.165, 1.54) is 0 Å². The molecule has 14 heavy (non-hydrogen) atoms. The van der Waals surface area contributed by atoms with E-state index in [1.54, 1.807) is 19.2 Å². The van der Waals surface area contributed by atoms with Gasteiger partial charge in [0.25, 0.3) is 0 Å². The summed E-state index contributed by atoms with van der Waals surface area (Å²) in [5, 5.41) is 11.9. The van der Waals surface area contributed by atoms with E-state index in [1.807, 2.05) is 0 Å². The Labute approximate surface area is 86.9 Å². The van der Waals surface area contributed by atoms with Crippen LogP contribution >= 0.6 is 11.6 Å². The van der Waals surface area contributed by atoms with Gasteiger partial charge in [-0.15, -0.1) is 0 Å². The lowest BCUT2D eigenvalue weighted by atomic mass is 10.3. The summed E-state index contributed by atoms with van der Waals surface area (Å²) in [6.07, 6.45) is 1.70. The average molecular weight is 215 g/mol. The minimum atomic E-state index is -0.834. The zero-order valence-electron chi connectivity index (χ0n) is 7.75. The number of carbonyl (C=O) groups is 1. The Hall–Kier alpha value is -1.29. The summed E-state index contributed by atoms with van der Waals surface area (Å²) in [6, 6.07) is 1.72. The van der Waals surface area contributed by atoms with E-state index in [9.17, 15) is 4.79 Å². The number of carboxylic acid groups (broad SMARTS) is 1. The quantitative estimate of drug-likeness (QED) is 0.804. The minimum Gasteiger partial charge on any atom is -0.481 e. The maximum absolute atomic E-state index is 10.3. The van der Waals surface area contributed by atoms with Gasteiger partial charge in [0, 0.05) is 12.7 Å². The van der Waals surface area contributed by atoms with Gasteiger partial charge in [0.05, 0.1) is 22.8 Å². The maximum Gasteiger partial charge on any atom is 0.305 e. The second-order valence-electron chi connectivity index (χ2n) is 2.83. The molecule has 0 bridgehead atoms. The Bertz CT molecular complexity index is 342. The van der Waals surface area contributed by atoms with Crippen molar-refractivity contribution in [2.45, 2.75) is 13.3 Å². The predicted molar refractivity (Wildman–Crippen MR) is 54.7 cm³/mol. The van der Waals surface area contributed by atoms with Crippen LogP contribution in [0, 0.1) is 6.92 Å². The lowest BCUT2D eigenvalue weighted by molar-refractivity contribution is -0.136. The largest absolute Gasteiger partial charge is 0.481 e. The van der Waals surface area contributed by atoms with E-state index in [-0.39, 0.29) is 6.42 Å². The van der Waals surface area contributed by atoms with Crippen molar-refractivity contribution in [3.05, 3.63) is 23.0 Å². The molecule has 0 aliphatic rings. The predicted octanol–water partition coefficient (Wildman–Crippen LogP) is 1.93. The van der Waals surface area contributed by atoms with Crippen molar-refractivity contribution in [3.63, 3.8) is 0 Å². The van der Waals surface area contributed by atoms with Crippen LogP contribution in [0.2, 0.25) is 5.02 Å². The molecule has 0 aromatic carbocycles. The van der Waals surface area contributed by atoms with Gasteiger partial charge in [0.1, 0.15) is 0 Å². The number of aliphatic carboxylic acids is 1. The molecule has 0 saturated heterocycles. The van der Waals surface area contributed by atoms with Crippen molar-refractivity contribution >= 4 is 23.3 Å². The number of halogens is 1. The van der Waals surface area contributed by atoms with Crippen LogP contribution in [-0.2, 0) is 4.79 Å². The van der Waals surface area contributed by atoms with Crippen LogP contribution in [-0.4, -0.2) is 22.6 Å². The first kappa shape index (κ1) is 10.8. The number of carboxylic acids is 1. The molecule has 1 aromatic rings. The molecule has 1 heterocycles. The first-order valence-corrected chi connectivity index (χ1v) is 4.56. The van der Waals surface area contributed by atoms with Gasteiger partial charge in [0.2, 0.25) is 0 Å². The molecule has 0 fully saturated rings. The fraction of sp³-hybridized carbons (Fsp3) is 0.333. The van der Waals surface area contributed by atoms with Crippen LogP contribution < -0.4 is 5.32 Å². The number of aromatic nitrogens is 1. The Balaban J connectivity index is 2.59. The number of anilines is 1. The van der Waals surface area contributed by atoms with Gasteiger partial charge >= 0.3 is 5.97 Å². The van der Waals surface area contributed by atoms with Crippen LogP contribution in [0.1, 0.15) is 12.1 Å². The zero-order chi connectivity index (χ0) is 10.6. The first-order chi connectivity index (χ1) is 6.61. The molecule has 0 spiro atoms. The SMILES string of the molecule is Cc1nccc(NCCC(=O)O)c1Cl. The molecule has 76 valence electrons. The minimum absolute atomic E-state index is 0.0672. The van der Waals surface area contributed by atoms with Gasteiger partial charge in [-0.25, -0.2) is 0 Å². The fourth-order valence-corrected chi connectivity index (χ4v) is 1.17. The van der Waals surface area contributed by atoms with E-state index >= 15 is 0 Å². The maximum atomic E-state index is 10.3. The highest BCUT2D eigenvalue weighted by atomic mass is 35.5. The molecule has 0 amide bonds. The zero-order valence-corrected chi connectivity index (χ0v) is 8.51. The highest BCUT2D eigenvalue weighted by molar-refractivity contribution is 6.33. The van der Waals surface area contributed by atoms with Crippen molar-refractivity contribution in [3.8, 4) is 0 Å². The van der Waals surface area contributed by atoms with Crippen LogP contribution in [0.5, 0.6) is 0 Å². The number of hydrogen-bond acceptors (Lipinski definition) is 3. The highest BCUT2D eigenvalue weighted by Crippen LogP contribution is 2.22. The molecule has 1 aromatic heterocycles. The highest BCUT2D eigenvalue weighted by Gasteiger charge is 2.03. The summed E-state index contributed by atoms with van der Waals surface area (Å²) < 4.78 is 0. The van der Waals surface area contributed by atoms with Gasteiger partial charge in [-0.05, 0) is 13.0 Å². The number of nitrogens with zero attached hydrogens (tertiary/aromatic N) is 1. The van der Waals surface area contributed by atoms with Crippen molar-refractivity contribution in [1.82, 2.24) is 4.98 Å². The molecular weight excluding hydrogens is 204 g/mol. The summed E-state index contributed by atoms with van der Waals surface area (Å²) in [5.41, 5.74) is 1.45.